The molecule has 1 saturated heterocycles. The van der Waals surface area contributed by atoms with Gasteiger partial charge in [-0.3, -0.25) is 4.79 Å². The van der Waals surface area contributed by atoms with Gasteiger partial charge >= 0.3 is 0 Å². The fourth-order valence-corrected chi connectivity index (χ4v) is 3.64. The number of carbonyl (C=O) groups excluding carboxylic acids is 1. The van der Waals surface area contributed by atoms with Gasteiger partial charge in [-0.2, -0.15) is 0 Å². The summed E-state index contributed by atoms with van der Waals surface area (Å²) < 4.78 is 0. The number of piperidine rings is 1. The van der Waals surface area contributed by atoms with Crippen molar-refractivity contribution in [3.05, 3.63) is 71.5 Å². The van der Waals surface area contributed by atoms with Gasteiger partial charge < -0.3 is 10.2 Å². The number of amides is 1. The maximum absolute atomic E-state index is 12.8. The standard InChI is InChI=1S/C24H26N4O/c1-17-9-10-21(13-18(17)2)27-24(29)20-8-6-7-19(14-20)22-15-23(26-16-25-22)28-11-4-3-5-12-28/h6-10,13-16H,3-5,11-12H2,1-2H3,(H,27,29). The van der Waals surface area contributed by atoms with Crippen molar-refractivity contribution >= 4 is 17.4 Å². The van der Waals surface area contributed by atoms with Crippen LogP contribution in [0.1, 0.15) is 40.7 Å². The van der Waals surface area contributed by atoms with Crippen LogP contribution in [0.5, 0.6) is 0 Å². The Morgan fingerprint density at radius 1 is 0.931 bits per heavy atom. The van der Waals surface area contributed by atoms with Crippen molar-refractivity contribution < 1.29 is 4.79 Å². The Kier molecular flexibility index (Phi) is 5.56. The number of nitrogens with one attached hydrogen (secondary N) is 1. The van der Waals surface area contributed by atoms with E-state index in [-0.39, 0.29) is 5.91 Å². The number of anilines is 2. The van der Waals surface area contributed by atoms with Crippen molar-refractivity contribution in [1.29, 1.82) is 0 Å². The van der Waals surface area contributed by atoms with Crippen molar-refractivity contribution in [3.8, 4) is 11.3 Å². The van der Waals surface area contributed by atoms with Crippen LogP contribution in [0.25, 0.3) is 11.3 Å². The Morgan fingerprint density at radius 3 is 2.55 bits per heavy atom. The molecule has 29 heavy (non-hydrogen) atoms. The van der Waals surface area contributed by atoms with E-state index in [1.807, 2.05) is 55.5 Å². The molecule has 5 heteroatoms. The highest BCUT2D eigenvalue weighted by atomic mass is 16.1. The first-order valence-corrected chi connectivity index (χ1v) is 10.2. The lowest BCUT2D eigenvalue weighted by Gasteiger charge is -2.27. The molecule has 1 aliphatic heterocycles. The summed E-state index contributed by atoms with van der Waals surface area (Å²) in [5.74, 6) is 0.833. The second-order valence-electron chi connectivity index (χ2n) is 7.64. The van der Waals surface area contributed by atoms with Crippen LogP contribution in [0.4, 0.5) is 11.5 Å². The monoisotopic (exact) mass is 386 g/mol. The van der Waals surface area contributed by atoms with Crippen molar-refractivity contribution in [2.24, 2.45) is 0 Å². The Bertz CT molecular complexity index is 1020. The number of aryl methyl sites for hydroxylation is 2. The highest BCUT2D eigenvalue weighted by Crippen LogP contribution is 2.24. The molecule has 0 radical (unpaired) electrons. The SMILES string of the molecule is Cc1ccc(NC(=O)c2cccc(-c3cc(N4CCCCC4)ncn3)c2)cc1C. The van der Waals surface area contributed by atoms with Gasteiger partial charge in [0.05, 0.1) is 5.69 Å². The molecule has 148 valence electrons. The van der Waals surface area contributed by atoms with Gasteiger partial charge in [-0.05, 0) is 68.5 Å². The zero-order chi connectivity index (χ0) is 20.2. The van der Waals surface area contributed by atoms with Crippen LogP contribution in [-0.2, 0) is 0 Å². The first kappa shape index (κ1) is 19.1. The molecule has 4 rings (SSSR count). The highest BCUT2D eigenvalue weighted by Gasteiger charge is 2.14. The molecule has 0 unspecified atom stereocenters. The van der Waals surface area contributed by atoms with E-state index >= 15 is 0 Å². The third kappa shape index (κ3) is 4.45. The van der Waals surface area contributed by atoms with Gasteiger partial charge in [0.1, 0.15) is 12.1 Å². The van der Waals surface area contributed by atoms with E-state index in [1.54, 1.807) is 6.33 Å². The summed E-state index contributed by atoms with van der Waals surface area (Å²) in [6.45, 7) is 6.18. The Balaban J connectivity index is 1.55. The Morgan fingerprint density at radius 2 is 1.76 bits per heavy atom. The predicted octanol–water partition coefficient (Wildman–Crippen LogP) is 5.00. The molecule has 0 spiro atoms. The molecule has 2 aromatic carbocycles. The summed E-state index contributed by atoms with van der Waals surface area (Å²) in [4.78, 5) is 24.0. The number of nitrogens with zero attached hydrogens (tertiary/aromatic N) is 3. The molecule has 1 aliphatic rings. The summed E-state index contributed by atoms with van der Waals surface area (Å²) in [5.41, 5.74) is 5.53. The molecule has 0 aliphatic carbocycles. The lowest BCUT2D eigenvalue weighted by molar-refractivity contribution is 0.102. The zero-order valence-electron chi connectivity index (χ0n) is 17.0. The van der Waals surface area contributed by atoms with Crippen molar-refractivity contribution in [2.75, 3.05) is 23.3 Å². The topological polar surface area (TPSA) is 58.1 Å². The van der Waals surface area contributed by atoms with Gasteiger partial charge in [-0.15, -0.1) is 0 Å². The van der Waals surface area contributed by atoms with Gasteiger partial charge in [-0.1, -0.05) is 18.2 Å². The van der Waals surface area contributed by atoms with E-state index < -0.39 is 0 Å². The molecular formula is C24H26N4O. The number of hydrogen-bond acceptors (Lipinski definition) is 4. The number of aromatic nitrogens is 2. The minimum atomic E-state index is -0.125. The highest BCUT2D eigenvalue weighted by molar-refractivity contribution is 6.05. The fourth-order valence-electron chi connectivity index (χ4n) is 3.64. The third-order valence-corrected chi connectivity index (χ3v) is 5.52. The molecule has 2 heterocycles. The number of carbonyl (C=O) groups is 1. The van der Waals surface area contributed by atoms with Gasteiger partial charge in [0.25, 0.3) is 5.91 Å². The first-order valence-electron chi connectivity index (χ1n) is 10.2. The van der Waals surface area contributed by atoms with Crippen LogP contribution in [0.2, 0.25) is 0 Å². The number of benzene rings is 2. The van der Waals surface area contributed by atoms with Gasteiger partial charge in [-0.25, -0.2) is 9.97 Å². The van der Waals surface area contributed by atoms with E-state index in [1.165, 1.54) is 24.8 Å². The van der Waals surface area contributed by atoms with E-state index in [2.05, 4.69) is 27.1 Å². The second kappa shape index (κ2) is 8.43. The van der Waals surface area contributed by atoms with Gasteiger partial charge in [0.15, 0.2) is 0 Å². The van der Waals surface area contributed by atoms with Crippen LogP contribution in [-0.4, -0.2) is 29.0 Å². The molecule has 1 N–H and O–H groups in total. The van der Waals surface area contributed by atoms with Gasteiger partial charge in [0, 0.05) is 36.0 Å². The second-order valence-corrected chi connectivity index (χ2v) is 7.64. The molecule has 1 aromatic heterocycles. The summed E-state index contributed by atoms with van der Waals surface area (Å²) >= 11 is 0. The normalized spacial score (nSPS) is 13.9. The fraction of sp³-hybridized carbons (Fsp3) is 0.292. The van der Waals surface area contributed by atoms with Crippen molar-refractivity contribution in [1.82, 2.24) is 9.97 Å². The quantitative estimate of drug-likeness (QED) is 0.685. The molecule has 1 fully saturated rings. The molecule has 5 nitrogen and oxygen atoms in total. The van der Waals surface area contributed by atoms with E-state index in [0.717, 1.165) is 41.4 Å². The van der Waals surface area contributed by atoms with Crippen molar-refractivity contribution in [2.45, 2.75) is 33.1 Å². The van der Waals surface area contributed by atoms with Crippen LogP contribution in [0.3, 0.4) is 0 Å². The summed E-state index contributed by atoms with van der Waals surface area (Å²) in [7, 11) is 0. The molecule has 0 bridgehead atoms. The van der Waals surface area contributed by atoms with Crippen LogP contribution >= 0.6 is 0 Å². The summed E-state index contributed by atoms with van der Waals surface area (Å²) in [6, 6.07) is 15.6. The van der Waals surface area contributed by atoms with E-state index in [0.29, 0.717) is 5.56 Å². The van der Waals surface area contributed by atoms with E-state index in [9.17, 15) is 4.79 Å². The third-order valence-electron chi connectivity index (χ3n) is 5.52. The lowest BCUT2D eigenvalue weighted by atomic mass is 10.1. The Labute approximate surface area is 171 Å². The molecule has 1 amide bonds. The summed E-state index contributed by atoms with van der Waals surface area (Å²) in [5, 5.41) is 2.99. The van der Waals surface area contributed by atoms with Crippen LogP contribution in [0, 0.1) is 13.8 Å². The maximum Gasteiger partial charge on any atom is 0.255 e. The van der Waals surface area contributed by atoms with Crippen LogP contribution in [0.15, 0.2) is 54.9 Å². The molecular weight excluding hydrogens is 360 g/mol. The molecule has 0 saturated carbocycles. The van der Waals surface area contributed by atoms with Crippen LogP contribution < -0.4 is 10.2 Å². The van der Waals surface area contributed by atoms with E-state index in [4.69, 9.17) is 0 Å². The molecule has 3 aromatic rings. The largest absolute Gasteiger partial charge is 0.357 e. The first-order chi connectivity index (χ1) is 14.1. The lowest BCUT2D eigenvalue weighted by Crippen LogP contribution is -2.30. The molecule has 0 atom stereocenters. The Hall–Kier alpha value is -3.21. The average molecular weight is 386 g/mol. The van der Waals surface area contributed by atoms with Gasteiger partial charge in [0.2, 0.25) is 0 Å². The maximum atomic E-state index is 12.8. The van der Waals surface area contributed by atoms with Crippen molar-refractivity contribution in [3.63, 3.8) is 0 Å². The minimum absolute atomic E-state index is 0.125. The minimum Gasteiger partial charge on any atom is -0.357 e. The number of rotatable bonds is 4. The smallest absolute Gasteiger partial charge is 0.255 e. The average Bonchev–Trinajstić information content (AvgIpc) is 2.77. The predicted molar refractivity (Wildman–Crippen MR) is 117 cm³/mol. The zero-order valence-corrected chi connectivity index (χ0v) is 17.0. The number of hydrogen-bond donors (Lipinski definition) is 1. The summed E-state index contributed by atoms with van der Waals surface area (Å²) in [6.07, 6.45) is 5.30.